The van der Waals surface area contributed by atoms with Crippen molar-refractivity contribution in [2.75, 3.05) is 18.5 Å². The molecule has 1 heterocycles. The number of ether oxygens (including phenoxy) is 1. The van der Waals surface area contributed by atoms with E-state index < -0.39 is 6.10 Å². The van der Waals surface area contributed by atoms with Gasteiger partial charge in [-0.2, -0.15) is 0 Å². The number of nitrogens with one attached hydrogen (secondary N) is 2. The molecule has 5 heteroatoms. The molecule has 1 aliphatic rings. The SMILES string of the molecule is Cc1cc(C)cc(C(O)CNC(C)c2ccc3c(c2)NC(=O)CO3)c1. The summed E-state index contributed by atoms with van der Waals surface area (Å²) >= 11 is 0. The summed E-state index contributed by atoms with van der Waals surface area (Å²) in [6, 6.07) is 11.9. The van der Waals surface area contributed by atoms with Gasteiger partial charge < -0.3 is 20.5 Å². The maximum atomic E-state index is 11.4. The summed E-state index contributed by atoms with van der Waals surface area (Å²) in [5.41, 5.74) is 4.93. The minimum Gasteiger partial charge on any atom is -0.482 e. The summed E-state index contributed by atoms with van der Waals surface area (Å²) in [4.78, 5) is 11.4. The molecule has 2 aromatic carbocycles. The van der Waals surface area contributed by atoms with Crippen molar-refractivity contribution in [2.45, 2.75) is 32.9 Å². The van der Waals surface area contributed by atoms with E-state index in [1.807, 2.05) is 51.1 Å². The van der Waals surface area contributed by atoms with E-state index in [1.165, 1.54) is 0 Å². The molecule has 132 valence electrons. The first-order valence-electron chi connectivity index (χ1n) is 8.48. The van der Waals surface area contributed by atoms with Gasteiger partial charge in [-0.25, -0.2) is 0 Å². The smallest absolute Gasteiger partial charge is 0.262 e. The van der Waals surface area contributed by atoms with E-state index in [-0.39, 0.29) is 18.6 Å². The molecule has 1 aliphatic heterocycles. The van der Waals surface area contributed by atoms with Crippen LogP contribution in [0.2, 0.25) is 0 Å². The number of carbonyl (C=O) groups excluding carboxylic acids is 1. The van der Waals surface area contributed by atoms with Crippen molar-refractivity contribution < 1.29 is 14.6 Å². The second-order valence-corrected chi connectivity index (χ2v) is 6.66. The molecule has 2 atom stereocenters. The molecule has 2 aromatic rings. The van der Waals surface area contributed by atoms with E-state index in [0.717, 1.165) is 22.3 Å². The Bertz CT molecular complexity index is 768. The Morgan fingerprint density at radius 2 is 1.88 bits per heavy atom. The lowest BCUT2D eigenvalue weighted by Crippen LogP contribution is -2.27. The predicted octanol–water partition coefficient (Wildman–Crippen LogP) is 3.02. The highest BCUT2D eigenvalue weighted by Crippen LogP contribution is 2.30. The number of amides is 1. The van der Waals surface area contributed by atoms with Gasteiger partial charge in [0.2, 0.25) is 0 Å². The first-order chi connectivity index (χ1) is 11.9. The third-order valence-electron chi connectivity index (χ3n) is 4.38. The highest BCUT2D eigenvalue weighted by atomic mass is 16.5. The van der Waals surface area contributed by atoms with Gasteiger partial charge in [-0.15, -0.1) is 0 Å². The lowest BCUT2D eigenvalue weighted by Gasteiger charge is -2.22. The van der Waals surface area contributed by atoms with Crippen LogP contribution in [0, 0.1) is 13.8 Å². The number of benzene rings is 2. The first kappa shape index (κ1) is 17.5. The number of fused-ring (bicyclic) bond motifs is 1. The molecule has 2 unspecified atom stereocenters. The zero-order valence-corrected chi connectivity index (χ0v) is 14.8. The minimum atomic E-state index is -0.568. The van der Waals surface area contributed by atoms with E-state index in [4.69, 9.17) is 4.74 Å². The van der Waals surface area contributed by atoms with Crippen LogP contribution in [0.4, 0.5) is 5.69 Å². The van der Waals surface area contributed by atoms with Gasteiger partial charge in [0, 0.05) is 12.6 Å². The Morgan fingerprint density at radius 3 is 2.60 bits per heavy atom. The number of hydrogen-bond acceptors (Lipinski definition) is 4. The number of aliphatic hydroxyl groups is 1. The van der Waals surface area contributed by atoms with Crippen LogP contribution in [-0.4, -0.2) is 24.2 Å². The Hall–Kier alpha value is -2.37. The molecule has 0 bridgehead atoms. The summed E-state index contributed by atoms with van der Waals surface area (Å²) < 4.78 is 5.38. The van der Waals surface area contributed by atoms with Crippen molar-refractivity contribution in [3.05, 3.63) is 58.7 Å². The van der Waals surface area contributed by atoms with Crippen LogP contribution in [0.1, 0.15) is 41.3 Å². The van der Waals surface area contributed by atoms with Crippen LogP contribution in [0.3, 0.4) is 0 Å². The van der Waals surface area contributed by atoms with Crippen molar-refractivity contribution >= 4 is 11.6 Å². The average Bonchev–Trinajstić information content (AvgIpc) is 2.57. The maximum Gasteiger partial charge on any atom is 0.262 e. The summed E-state index contributed by atoms with van der Waals surface area (Å²) in [6.45, 7) is 6.60. The molecule has 0 saturated carbocycles. The zero-order chi connectivity index (χ0) is 18.0. The summed E-state index contributed by atoms with van der Waals surface area (Å²) in [5.74, 6) is 0.543. The minimum absolute atomic E-state index is 0.0321. The van der Waals surface area contributed by atoms with Crippen LogP contribution in [-0.2, 0) is 4.79 Å². The number of aliphatic hydroxyl groups excluding tert-OH is 1. The van der Waals surface area contributed by atoms with Gasteiger partial charge in [-0.3, -0.25) is 4.79 Å². The summed E-state index contributed by atoms with van der Waals surface area (Å²) in [6.07, 6.45) is -0.568. The zero-order valence-electron chi connectivity index (χ0n) is 14.8. The Labute approximate surface area is 148 Å². The van der Waals surface area contributed by atoms with Gasteiger partial charge in [-0.05, 0) is 44.0 Å². The molecule has 1 amide bonds. The van der Waals surface area contributed by atoms with Crippen molar-refractivity contribution in [3.63, 3.8) is 0 Å². The Morgan fingerprint density at radius 1 is 1.16 bits per heavy atom. The van der Waals surface area contributed by atoms with Crippen LogP contribution in [0.5, 0.6) is 5.75 Å². The number of anilines is 1. The topological polar surface area (TPSA) is 70.6 Å². The van der Waals surface area contributed by atoms with Gasteiger partial charge >= 0.3 is 0 Å². The average molecular weight is 340 g/mol. The van der Waals surface area contributed by atoms with E-state index in [2.05, 4.69) is 16.7 Å². The highest BCUT2D eigenvalue weighted by molar-refractivity contribution is 5.95. The summed E-state index contributed by atoms with van der Waals surface area (Å²) in [7, 11) is 0. The Kier molecular flexibility index (Phi) is 5.06. The molecule has 0 radical (unpaired) electrons. The molecular weight excluding hydrogens is 316 g/mol. The van der Waals surface area contributed by atoms with Crippen LogP contribution >= 0.6 is 0 Å². The van der Waals surface area contributed by atoms with Crippen LogP contribution in [0.15, 0.2) is 36.4 Å². The van der Waals surface area contributed by atoms with Gasteiger partial charge in [0.05, 0.1) is 11.8 Å². The van der Waals surface area contributed by atoms with Crippen molar-refractivity contribution in [2.24, 2.45) is 0 Å². The third kappa shape index (κ3) is 4.18. The second kappa shape index (κ2) is 7.25. The predicted molar refractivity (Wildman–Crippen MR) is 97.9 cm³/mol. The van der Waals surface area contributed by atoms with E-state index >= 15 is 0 Å². The normalized spacial score (nSPS) is 15.8. The quantitative estimate of drug-likeness (QED) is 0.782. The fourth-order valence-electron chi connectivity index (χ4n) is 3.10. The maximum absolute atomic E-state index is 11.4. The molecule has 0 fully saturated rings. The fraction of sp³-hybridized carbons (Fsp3) is 0.350. The van der Waals surface area contributed by atoms with E-state index in [9.17, 15) is 9.90 Å². The van der Waals surface area contributed by atoms with E-state index in [0.29, 0.717) is 18.0 Å². The highest BCUT2D eigenvalue weighted by Gasteiger charge is 2.18. The number of carbonyl (C=O) groups is 1. The van der Waals surface area contributed by atoms with Gasteiger partial charge in [0.1, 0.15) is 5.75 Å². The van der Waals surface area contributed by atoms with Crippen LogP contribution in [0.25, 0.3) is 0 Å². The standard InChI is InChI=1S/C20H24N2O3/c1-12-6-13(2)8-16(7-12)18(23)10-21-14(3)15-4-5-19-17(9-15)22-20(24)11-25-19/h4-9,14,18,21,23H,10-11H2,1-3H3,(H,22,24). The van der Waals surface area contributed by atoms with E-state index in [1.54, 1.807) is 0 Å². The largest absolute Gasteiger partial charge is 0.482 e. The van der Waals surface area contributed by atoms with Gasteiger partial charge in [0.15, 0.2) is 6.61 Å². The van der Waals surface area contributed by atoms with Crippen LogP contribution < -0.4 is 15.4 Å². The molecule has 0 aromatic heterocycles. The lowest BCUT2D eigenvalue weighted by molar-refractivity contribution is -0.118. The molecule has 0 aliphatic carbocycles. The van der Waals surface area contributed by atoms with Crippen molar-refractivity contribution in [1.29, 1.82) is 0 Å². The summed E-state index contributed by atoms with van der Waals surface area (Å²) in [5, 5.41) is 16.6. The van der Waals surface area contributed by atoms with Gasteiger partial charge in [-0.1, -0.05) is 35.4 Å². The fourth-order valence-corrected chi connectivity index (χ4v) is 3.10. The molecule has 5 nitrogen and oxygen atoms in total. The lowest BCUT2D eigenvalue weighted by atomic mass is 10.0. The Balaban J connectivity index is 1.65. The third-order valence-corrected chi connectivity index (χ3v) is 4.38. The number of aryl methyl sites for hydroxylation is 2. The molecule has 3 N–H and O–H groups in total. The molecule has 0 spiro atoms. The van der Waals surface area contributed by atoms with Crippen molar-refractivity contribution in [1.82, 2.24) is 5.32 Å². The number of rotatable bonds is 5. The van der Waals surface area contributed by atoms with Crippen molar-refractivity contribution in [3.8, 4) is 5.75 Å². The van der Waals surface area contributed by atoms with Gasteiger partial charge in [0.25, 0.3) is 5.91 Å². The monoisotopic (exact) mass is 340 g/mol. The molecule has 0 saturated heterocycles. The molecular formula is C20H24N2O3. The number of hydrogen-bond donors (Lipinski definition) is 3. The molecule has 25 heavy (non-hydrogen) atoms. The second-order valence-electron chi connectivity index (χ2n) is 6.66. The molecule has 3 rings (SSSR count). The first-order valence-corrected chi connectivity index (χ1v) is 8.48.